The molecule has 0 aliphatic carbocycles. The summed E-state index contributed by atoms with van der Waals surface area (Å²) in [6, 6.07) is 17.3. The van der Waals surface area contributed by atoms with Crippen LogP contribution in [0, 0.1) is 5.92 Å². The van der Waals surface area contributed by atoms with Crippen LogP contribution in [0.3, 0.4) is 0 Å². The van der Waals surface area contributed by atoms with Crippen LogP contribution in [0.4, 0.5) is 0 Å². The van der Waals surface area contributed by atoms with Gasteiger partial charge in [0.05, 0.1) is 5.52 Å². The van der Waals surface area contributed by atoms with E-state index in [4.69, 9.17) is 15.6 Å². The van der Waals surface area contributed by atoms with E-state index in [-0.39, 0.29) is 18.7 Å². The minimum Gasteiger partial charge on any atom is -0.481 e. The van der Waals surface area contributed by atoms with Crippen LogP contribution in [0.15, 0.2) is 66.9 Å². The molecule has 0 amide bonds. The van der Waals surface area contributed by atoms with Gasteiger partial charge >= 0.3 is 11.9 Å². The maximum Gasteiger partial charge on any atom is 0.324 e. The summed E-state index contributed by atoms with van der Waals surface area (Å²) in [4.78, 5) is 51.4. The van der Waals surface area contributed by atoms with Gasteiger partial charge in [-0.25, -0.2) is 0 Å². The van der Waals surface area contributed by atoms with Gasteiger partial charge in [-0.2, -0.15) is 0 Å². The van der Waals surface area contributed by atoms with Crippen LogP contribution in [-0.2, 0) is 25.7 Å². The maximum atomic E-state index is 11.5. The highest BCUT2D eigenvalue weighted by atomic mass is 16.5. The lowest BCUT2D eigenvalue weighted by atomic mass is 10.0. The number of carbonyl (C=O) groups excluding carboxylic acids is 3. The third-order valence-corrected chi connectivity index (χ3v) is 5.08. The first kappa shape index (κ1) is 24.3. The van der Waals surface area contributed by atoms with E-state index in [0.717, 1.165) is 27.4 Å². The van der Waals surface area contributed by atoms with Gasteiger partial charge in [0.25, 0.3) is 0 Å². The van der Waals surface area contributed by atoms with Crippen molar-refractivity contribution in [3.63, 3.8) is 0 Å². The second kappa shape index (κ2) is 11.0. The van der Waals surface area contributed by atoms with Crippen LogP contribution in [0.25, 0.3) is 21.8 Å². The van der Waals surface area contributed by atoms with Gasteiger partial charge in [0.2, 0.25) is 0 Å². The Morgan fingerprint density at radius 1 is 1.06 bits per heavy atom. The number of ketones is 1. The highest BCUT2D eigenvalue weighted by molar-refractivity contribution is 6.13. The topological polar surface area (TPSA) is 152 Å². The van der Waals surface area contributed by atoms with E-state index in [1.165, 1.54) is 6.92 Å². The number of aromatic nitrogens is 2. The Hall–Kier alpha value is -4.37. The van der Waals surface area contributed by atoms with E-state index in [2.05, 4.69) is 9.97 Å². The highest BCUT2D eigenvalue weighted by Crippen LogP contribution is 2.26. The number of nitrogens with two attached hydrogens (primary N) is 1. The molecule has 4 rings (SSSR count). The molecule has 9 nitrogen and oxygen atoms in total. The normalized spacial score (nSPS) is 12.3. The average molecular weight is 461 g/mol. The Balaban J connectivity index is 0.000000191. The molecule has 0 radical (unpaired) electrons. The molecule has 0 fully saturated rings. The van der Waals surface area contributed by atoms with Crippen LogP contribution in [0.1, 0.15) is 23.0 Å². The summed E-state index contributed by atoms with van der Waals surface area (Å²) in [5.74, 6) is -3.97. The number of Topliss-reactive ketones (excluding diaryl/α,β-unsaturated/α-hetero) is 1. The first-order valence-electron chi connectivity index (χ1n) is 10.3. The number of carbonyl (C=O) groups is 4. The van der Waals surface area contributed by atoms with Gasteiger partial charge in [0.1, 0.15) is 30.5 Å². The fourth-order valence-corrected chi connectivity index (χ4v) is 3.31. The molecule has 2 unspecified atom stereocenters. The third kappa shape index (κ3) is 5.51. The number of carboxylic acid groups (broad SMARTS) is 1. The first-order chi connectivity index (χ1) is 16.3. The fourth-order valence-electron chi connectivity index (χ4n) is 3.31. The molecule has 174 valence electrons. The zero-order valence-corrected chi connectivity index (χ0v) is 18.3. The standard InChI is InChI=1S/C13H10N2O.C12H13NO5/c1-8(16)12-13-10(6-7-14-12)9-4-2-3-5-11(9)15-13;13-10(9(6-14)11(15)16)12(17)18-7-8-4-2-1-3-5-8/h2-7,15H,1H3;1-6,9-10H,7,13H2,(H,15,16). The van der Waals surface area contributed by atoms with Crippen molar-refractivity contribution in [2.75, 3.05) is 0 Å². The van der Waals surface area contributed by atoms with E-state index in [1.54, 1.807) is 30.5 Å². The van der Waals surface area contributed by atoms with Crippen molar-refractivity contribution in [3.05, 3.63) is 78.1 Å². The predicted molar refractivity (Wildman–Crippen MR) is 125 cm³/mol. The minimum atomic E-state index is -1.59. The number of hydrogen-bond acceptors (Lipinski definition) is 7. The Labute approximate surface area is 194 Å². The molecule has 0 saturated carbocycles. The van der Waals surface area contributed by atoms with E-state index < -0.39 is 23.9 Å². The van der Waals surface area contributed by atoms with Gasteiger partial charge in [-0.1, -0.05) is 48.5 Å². The van der Waals surface area contributed by atoms with Crippen molar-refractivity contribution in [3.8, 4) is 0 Å². The van der Waals surface area contributed by atoms with Crippen molar-refractivity contribution in [2.24, 2.45) is 11.7 Å². The molecular formula is C25H23N3O6. The second-order valence-corrected chi connectivity index (χ2v) is 7.43. The molecule has 2 heterocycles. The van der Waals surface area contributed by atoms with Crippen LogP contribution >= 0.6 is 0 Å². The molecule has 0 aliphatic rings. The van der Waals surface area contributed by atoms with Crippen LogP contribution in [-0.4, -0.2) is 45.1 Å². The van der Waals surface area contributed by atoms with E-state index in [9.17, 15) is 19.2 Å². The summed E-state index contributed by atoms with van der Waals surface area (Å²) in [5, 5.41) is 10.8. The second-order valence-electron chi connectivity index (χ2n) is 7.43. The lowest BCUT2D eigenvalue weighted by Gasteiger charge is -2.14. The highest BCUT2D eigenvalue weighted by Gasteiger charge is 2.31. The monoisotopic (exact) mass is 461 g/mol. The van der Waals surface area contributed by atoms with Crippen molar-refractivity contribution in [1.82, 2.24) is 9.97 Å². The van der Waals surface area contributed by atoms with Gasteiger partial charge in [-0.05, 0) is 17.7 Å². The van der Waals surface area contributed by atoms with E-state index in [1.807, 2.05) is 36.4 Å². The lowest BCUT2D eigenvalue weighted by molar-refractivity contribution is -0.155. The molecule has 0 bridgehead atoms. The number of aldehydes is 1. The number of pyridine rings is 1. The van der Waals surface area contributed by atoms with Crippen LogP contribution in [0.5, 0.6) is 0 Å². The quantitative estimate of drug-likeness (QED) is 0.164. The number of benzene rings is 2. The Kier molecular flexibility index (Phi) is 7.83. The van der Waals surface area contributed by atoms with E-state index in [0.29, 0.717) is 5.69 Å². The van der Waals surface area contributed by atoms with Crippen molar-refractivity contribution in [2.45, 2.75) is 19.6 Å². The first-order valence-corrected chi connectivity index (χ1v) is 10.3. The Morgan fingerprint density at radius 2 is 1.74 bits per heavy atom. The summed E-state index contributed by atoms with van der Waals surface area (Å²) in [7, 11) is 0. The molecular weight excluding hydrogens is 438 g/mol. The van der Waals surface area contributed by atoms with Crippen LogP contribution < -0.4 is 5.73 Å². The van der Waals surface area contributed by atoms with Gasteiger partial charge < -0.3 is 25.4 Å². The number of aromatic amines is 1. The molecule has 4 N–H and O–H groups in total. The van der Waals surface area contributed by atoms with Crippen molar-refractivity contribution < 1.29 is 29.0 Å². The number of H-pyrrole nitrogens is 1. The molecule has 0 aliphatic heterocycles. The van der Waals surface area contributed by atoms with Gasteiger partial charge in [0.15, 0.2) is 5.78 Å². The Morgan fingerprint density at radius 3 is 2.38 bits per heavy atom. The number of esters is 1. The number of hydrogen-bond donors (Lipinski definition) is 3. The summed E-state index contributed by atoms with van der Waals surface area (Å²) < 4.78 is 4.84. The molecule has 9 heteroatoms. The average Bonchev–Trinajstić information content (AvgIpc) is 3.22. The number of aliphatic carboxylic acids is 1. The molecule has 2 aromatic heterocycles. The number of nitrogens with one attached hydrogen (secondary N) is 1. The number of ether oxygens (including phenoxy) is 1. The zero-order chi connectivity index (χ0) is 24.7. The molecule has 0 saturated heterocycles. The lowest BCUT2D eigenvalue weighted by Crippen LogP contribution is -2.43. The minimum absolute atomic E-state index is 0.0153. The smallest absolute Gasteiger partial charge is 0.324 e. The SMILES string of the molecule is CC(=O)c1nccc2c1[nH]c1ccccc12.NC(C(=O)OCc1ccccc1)C(C=O)C(=O)O. The molecule has 0 spiro atoms. The molecule has 2 aromatic carbocycles. The van der Waals surface area contributed by atoms with Gasteiger partial charge in [-0.15, -0.1) is 0 Å². The van der Waals surface area contributed by atoms with E-state index >= 15 is 0 Å². The number of para-hydroxylation sites is 1. The summed E-state index contributed by atoms with van der Waals surface area (Å²) in [6.45, 7) is 1.52. The van der Waals surface area contributed by atoms with Gasteiger partial charge in [0, 0.05) is 29.4 Å². The molecule has 4 aromatic rings. The maximum absolute atomic E-state index is 11.5. The van der Waals surface area contributed by atoms with Crippen molar-refractivity contribution in [1.29, 1.82) is 0 Å². The molecule has 34 heavy (non-hydrogen) atoms. The zero-order valence-electron chi connectivity index (χ0n) is 18.3. The number of rotatable bonds is 7. The van der Waals surface area contributed by atoms with Gasteiger partial charge in [-0.3, -0.25) is 19.4 Å². The molecule has 2 atom stereocenters. The Bertz CT molecular complexity index is 1330. The van der Waals surface area contributed by atoms with Crippen molar-refractivity contribution >= 4 is 45.8 Å². The largest absolute Gasteiger partial charge is 0.481 e. The number of carboxylic acids is 1. The van der Waals surface area contributed by atoms with Crippen LogP contribution in [0.2, 0.25) is 0 Å². The number of fused-ring (bicyclic) bond motifs is 3. The summed E-state index contributed by atoms with van der Waals surface area (Å²) in [5.41, 5.74) is 8.47. The summed E-state index contributed by atoms with van der Waals surface area (Å²) >= 11 is 0. The number of nitrogens with zero attached hydrogens (tertiary/aromatic N) is 1. The predicted octanol–water partition coefficient (Wildman–Crippen LogP) is 2.88. The summed E-state index contributed by atoms with van der Waals surface area (Å²) in [6.07, 6.45) is 1.80. The fraction of sp³-hybridized carbons (Fsp3) is 0.160. The third-order valence-electron chi connectivity index (χ3n) is 5.08.